The summed E-state index contributed by atoms with van der Waals surface area (Å²) in [5.41, 5.74) is 1.59. The Morgan fingerprint density at radius 3 is 2.50 bits per heavy atom. The summed E-state index contributed by atoms with van der Waals surface area (Å²) in [7, 11) is 0. The molecule has 8 heteroatoms. The van der Waals surface area contributed by atoms with Crippen molar-refractivity contribution in [3.8, 4) is 0 Å². The first-order valence-electron chi connectivity index (χ1n) is 10.5. The van der Waals surface area contributed by atoms with Gasteiger partial charge in [0.2, 0.25) is 17.7 Å². The number of carbonyl (C=O) groups excluding carboxylic acids is 3. The van der Waals surface area contributed by atoms with E-state index in [1.807, 2.05) is 13.8 Å². The van der Waals surface area contributed by atoms with Crippen molar-refractivity contribution in [2.24, 2.45) is 11.8 Å². The fourth-order valence-corrected chi connectivity index (χ4v) is 3.73. The van der Waals surface area contributed by atoms with Gasteiger partial charge in [-0.3, -0.25) is 19.6 Å². The van der Waals surface area contributed by atoms with Gasteiger partial charge in [-0.2, -0.15) is 0 Å². The molecule has 0 spiro atoms. The van der Waals surface area contributed by atoms with E-state index in [-0.39, 0.29) is 36.8 Å². The van der Waals surface area contributed by atoms with Gasteiger partial charge in [0.15, 0.2) is 0 Å². The zero-order valence-corrected chi connectivity index (χ0v) is 17.4. The van der Waals surface area contributed by atoms with Crippen LogP contribution in [0.15, 0.2) is 0 Å². The monoisotopic (exact) mass is 399 g/mol. The Bertz CT molecular complexity index is 512. The third kappa shape index (κ3) is 7.75. The average Bonchev–Trinajstić information content (AvgIpc) is 3.14. The number of carbonyl (C=O) groups is 3. The third-order valence-electron chi connectivity index (χ3n) is 5.28. The van der Waals surface area contributed by atoms with Crippen LogP contribution in [0.25, 0.3) is 0 Å². The van der Waals surface area contributed by atoms with Crippen molar-refractivity contribution < 1.29 is 24.7 Å². The molecule has 3 amide bonds. The molecule has 0 radical (unpaired) electrons. The quantitative estimate of drug-likeness (QED) is 0.226. The number of likely N-dealkylation sites (tertiary alicyclic amines) is 1. The van der Waals surface area contributed by atoms with Crippen LogP contribution in [0.2, 0.25) is 0 Å². The summed E-state index contributed by atoms with van der Waals surface area (Å²) in [6.07, 6.45) is 5.26. The van der Waals surface area contributed by atoms with Crippen LogP contribution in [-0.4, -0.2) is 58.2 Å². The fraction of sp³-hybridized carbons (Fsp3) is 0.850. The minimum atomic E-state index is -0.675. The molecule has 28 heavy (non-hydrogen) atoms. The summed E-state index contributed by atoms with van der Waals surface area (Å²) in [4.78, 5) is 39.2. The maximum atomic E-state index is 13.0. The summed E-state index contributed by atoms with van der Waals surface area (Å²) in [5.74, 6) is -1.50. The molecule has 4 N–H and O–H groups in total. The topological polar surface area (TPSA) is 119 Å². The van der Waals surface area contributed by atoms with Gasteiger partial charge < -0.3 is 15.3 Å². The van der Waals surface area contributed by atoms with Gasteiger partial charge >= 0.3 is 0 Å². The van der Waals surface area contributed by atoms with Crippen molar-refractivity contribution in [2.45, 2.75) is 84.2 Å². The maximum Gasteiger partial charge on any atom is 0.245 e. The van der Waals surface area contributed by atoms with Gasteiger partial charge in [0, 0.05) is 18.9 Å². The molecule has 0 bridgehead atoms. The second kappa shape index (κ2) is 12.7. The summed E-state index contributed by atoms with van der Waals surface area (Å²) >= 11 is 0. The number of amides is 3. The molecule has 1 aliphatic heterocycles. The van der Waals surface area contributed by atoms with E-state index in [1.165, 1.54) is 0 Å². The molecule has 1 fully saturated rings. The molecule has 1 saturated heterocycles. The zero-order chi connectivity index (χ0) is 21.1. The predicted molar refractivity (Wildman–Crippen MR) is 105 cm³/mol. The van der Waals surface area contributed by atoms with Crippen LogP contribution < -0.4 is 10.8 Å². The van der Waals surface area contributed by atoms with Crippen LogP contribution in [0.5, 0.6) is 0 Å². The average molecular weight is 400 g/mol. The third-order valence-corrected chi connectivity index (χ3v) is 5.28. The van der Waals surface area contributed by atoms with Gasteiger partial charge in [-0.25, -0.2) is 5.48 Å². The van der Waals surface area contributed by atoms with E-state index in [9.17, 15) is 19.5 Å². The lowest BCUT2D eigenvalue weighted by molar-refractivity contribution is -0.140. The van der Waals surface area contributed by atoms with Gasteiger partial charge in [0.05, 0.1) is 12.6 Å². The molecule has 1 heterocycles. The normalized spacial score (nSPS) is 18.8. The number of rotatable bonds is 12. The van der Waals surface area contributed by atoms with E-state index in [4.69, 9.17) is 5.21 Å². The van der Waals surface area contributed by atoms with E-state index in [0.717, 1.165) is 32.1 Å². The van der Waals surface area contributed by atoms with E-state index in [0.29, 0.717) is 19.4 Å². The predicted octanol–water partition coefficient (Wildman–Crippen LogP) is 1.59. The van der Waals surface area contributed by atoms with Crippen LogP contribution in [0.1, 0.15) is 72.1 Å². The largest absolute Gasteiger partial charge is 0.394 e. The Balaban J connectivity index is 2.86. The van der Waals surface area contributed by atoms with Crippen molar-refractivity contribution in [1.82, 2.24) is 15.7 Å². The maximum absolute atomic E-state index is 13.0. The lowest BCUT2D eigenvalue weighted by atomic mass is 9.95. The Morgan fingerprint density at radius 2 is 1.93 bits per heavy atom. The van der Waals surface area contributed by atoms with Crippen LogP contribution >= 0.6 is 0 Å². The Kier molecular flexibility index (Phi) is 11.1. The first-order valence-corrected chi connectivity index (χ1v) is 10.5. The zero-order valence-electron chi connectivity index (χ0n) is 17.4. The first kappa shape index (κ1) is 24.4. The van der Waals surface area contributed by atoms with Gasteiger partial charge in [0.25, 0.3) is 0 Å². The number of aliphatic hydroxyl groups is 1. The summed E-state index contributed by atoms with van der Waals surface area (Å²) in [6.45, 7) is 6.53. The Morgan fingerprint density at radius 1 is 1.21 bits per heavy atom. The molecular formula is C20H37N3O5. The molecule has 3 atom stereocenters. The minimum absolute atomic E-state index is 0.0790. The molecule has 8 nitrogen and oxygen atoms in total. The summed E-state index contributed by atoms with van der Waals surface area (Å²) < 4.78 is 0. The first-order chi connectivity index (χ1) is 13.3. The summed E-state index contributed by atoms with van der Waals surface area (Å²) in [6, 6.07) is -0.870. The number of hydrogen-bond acceptors (Lipinski definition) is 5. The van der Waals surface area contributed by atoms with E-state index >= 15 is 0 Å². The number of aliphatic hydroxyl groups excluding tert-OH is 1. The second-order valence-electron chi connectivity index (χ2n) is 8.13. The number of hydroxylamine groups is 1. The lowest BCUT2D eigenvalue weighted by Gasteiger charge is -2.30. The highest BCUT2D eigenvalue weighted by atomic mass is 16.5. The SMILES string of the molecule is CCCCC[C@@H](CC(=O)NO)C(=O)N[C@@H](CC(C)C)C(=O)N1CCC[C@H]1CO. The van der Waals surface area contributed by atoms with Gasteiger partial charge in [-0.1, -0.05) is 40.0 Å². The molecular weight excluding hydrogens is 362 g/mol. The minimum Gasteiger partial charge on any atom is -0.394 e. The highest BCUT2D eigenvalue weighted by molar-refractivity contribution is 5.90. The van der Waals surface area contributed by atoms with Crippen LogP contribution in [-0.2, 0) is 14.4 Å². The molecule has 1 rings (SSSR count). The van der Waals surface area contributed by atoms with Crippen molar-refractivity contribution in [1.29, 1.82) is 0 Å². The van der Waals surface area contributed by atoms with Gasteiger partial charge in [0.1, 0.15) is 6.04 Å². The van der Waals surface area contributed by atoms with Crippen molar-refractivity contribution in [2.75, 3.05) is 13.2 Å². The van der Waals surface area contributed by atoms with Crippen molar-refractivity contribution in [3.05, 3.63) is 0 Å². The van der Waals surface area contributed by atoms with Crippen molar-refractivity contribution in [3.63, 3.8) is 0 Å². The van der Waals surface area contributed by atoms with E-state index in [2.05, 4.69) is 12.2 Å². The molecule has 162 valence electrons. The van der Waals surface area contributed by atoms with Gasteiger partial charge in [-0.05, 0) is 31.6 Å². The molecule has 1 aliphatic rings. The van der Waals surface area contributed by atoms with E-state index < -0.39 is 17.9 Å². The molecule has 0 aromatic rings. The highest BCUT2D eigenvalue weighted by Crippen LogP contribution is 2.21. The number of nitrogens with one attached hydrogen (secondary N) is 2. The second-order valence-corrected chi connectivity index (χ2v) is 8.13. The standard InChI is InChI=1S/C20H37N3O5/c1-4-5-6-8-15(12-18(25)22-28)19(26)21-17(11-14(2)3)20(27)23-10-7-9-16(23)13-24/h14-17,24,28H,4-13H2,1-3H3,(H,21,26)(H,22,25)/t15-,16-,17-/m0/s1. The summed E-state index contributed by atoms with van der Waals surface area (Å²) in [5, 5.41) is 21.2. The van der Waals surface area contributed by atoms with E-state index in [1.54, 1.807) is 10.4 Å². The fourth-order valence-electron chi connectivity index (χ4n) is 3.73. The molecule has 0 aliphatic carbocycles. The Hall–Kier alpha value is -1.67. The van der Waals surface area contributed by atoms with Crippen LogP contribution in [0.3, 0.4) is 0 Å². The molecule has 0 saturated carbocycles. The number of unbranched alkanes of at least 4 members (excludes halogenated alkanes) is 2. The Labute approximate surface area is 168 Å². The van der Waals surface area contributed by atoms with Crippen LogP contribution in [0, 0.1) is 11.8 Å². The number of hydrogen-bond donors (Lipinski definition) is 4. The van der Waals surface area contributed by atoms with Crippen molar-refractivity contribution >= 4 is 17.7 Å². The van der Waals surface area contributed by atoms with Gasteiger partial charge in [-0.15, -0.1) is 0 Å². The highest BCUT2D eigenvalue weighted by Gasteiger charge is 2.35. The molecule has 0 aromatic heterocycles. The molecule has 0 aromatic carbocycles. The lowest BCUT2D eigenvalue weighted by Crippen LogP contribution is -2.52. The molecule has 0 unspecified atom stereocenters. The van der Waals surface area contributed by atoms with Crippen LogP contribution in [0.4, 0.5) is 0 Å². The smallest absolute Gasteiger partial charge is 0.245 e. The number of nitrogens with zero attached hydrogens (tertiary/aromatic N) is 1.